The average Bonchev–Trinajstić information content (AvgIpc) is 2.95. The molecular formula is C14H24N4O3S. The minimum Gasteiger partial charge on any atom is -0.348 e. The summed E-state index contributed by atoms with van der Waals surface area (Å²) < 4.78 is 26.5. The maximum absolute atomic E-state index is 12.4. The van der Waals surface area contributed by atoms with E-state index in [9.17, 15) is 13.2 Å². The van der Waals surface area contributed by atoms with E-state index in [1.807, 2.05) is 24.6 Å². The molecule has 1 N–H and O–H groups in total. The molecule has 0 bridgehead atoms. The summed E-state index contributed by atoms with van der Waals surface area (Å²) >= 11 is 0. The highest BCUT2D eigenvalue weighted by atomic mass is 32.2. The molecule has 7 nitrogen and oxygen atoms in total. The van der Waals surface area contributed by atoms with E-state index in [1.54, 1.807) is 6.20 Å². The molecule has 0 aromatic carbocycles. The van der Waals surface area contributed by atoms with Gasteiger partial charge in [-0.1, -0.05) is 0 Å². The summed E-state index contributed by atoms with van der Waals surface area (Å²) in [4.78, 5) is 12.4. The Morgan fingerprint density at radius 1 is 1.55 bits per heavy atom. The van der Waals surface area contributed by atoms with Crippen LogP contribution in [0.15, 0.2) is 12.3 Å². The maximum Gasteiger partial charge on any atom is 0.224 e. The molecule has 2 atom stereocenters. The summed E-state index contributed by atoms with van der Waals surface area (Å²) in [5, 5.41) is 7.18. The average molecular weight is 328 g/mol. The van der Waals surface area contributed by atoms with Crippen LogP contribution in [0, 0.1) is 5.92 Å². The van der Waals surface area contributed by atoms with Crippen molar-refractivity contribution in [2.24, 2.45) is 5.92 Å². The standard InChI is InChI=1S/C14H24N4O3S/c1-4-18-13(7-8-15-18)11(2)16-14(19)12-6-5-9-17(10-12)22(3,20)21/h7-8,11-12H,4-6,9-10H2,1-3H3,(H,16,19)/t11-,12-/m1/s1. The fourth-order valence-corrected chi connectivity index (χ4v) is 3.75. The zero-order valence-corrected chi connectivity index (χ0v) is 14.1. The van der Waals surface area contributed by atoms with Crippen LogP contribution in [0.4, 0.5) is 0 Å². The lowest BCUT2D eigenvalue weighted by atomic mass is 9.98. The van der Waals surface area contributed by atoms with Crippen molar-refractivity contribution >= 4 is 15.9 Å². The number of nitrogens with zero attached hydrogens (tertiary/aromatic N) is 3. The van der Waals surface area contributed by atoms with Gasteiger partial charge in [-0.15, -0.1) is 0 Å². The summed E-state index contributed by atoms with van der Waals surface area (Å²) in [5.41, 5.74) is 0.951. The SMILES string of the molecule is CCn1nccc1[C@@H](C)NC(=O)[C@@H]1CCCN(S(C)(=O)=O)C1. The number of carbonyl (C=O) groups excluding carboxylic acids is 1. The molecule has 8 heteroatoms. The van der Waals surface area contributed by atoms with Crippen molar-refractivity contribution in [3.05, 3.63) is 18.0 Å². The Balaban J connectivity index is 2.00. The number of carbonyl (C=O) groups is 1. The highest BCUT2D eigenvalue weighted by Gasteiger charge is 2.30. The molecule has 1 aromatic rings. The van der Waals surface area contributed by atoms with Crippen LogP contribution in [-0.2, 0) is 21.4 Å². The Morgan fingerprint density at radius 3 is 2.91 bits per heavy atom. The van der Waals surface area contributed by atoms with Gasteiger partial charge in [0.05, 0.1) is 23.9 Å². The first kappa shape index (κ1) is 17.0. The van der Waals surface area contributed by atoms with Crippen molar-refractivity contribution in [2.45, 2.75) is 39.3 Å². The van der Waals surface area contributed by atoms with Gasteiger partial charge in [0.2, 0.25) is 15.9 Å². The van der Waals surface area contributed by atoms with E-state index in [0.29, 0.717) is 13.0 Å². The maximum atomic E-state index is 12.4. The summed E-state index contributed by atoms with van der Waals surface area (Å²) in [7, 11) is -3.24. The van der Waals surface area contributed by atoms with Gasteiger partial charge in [-0.3, -0.25) is 9.48 Å². The van der Waals surface area contributed by atoms with Crippen LogP contribution >= 0.6 is 0 Å². The van der Waals surface area contributed by atoms with Crippen LogP contribution in [0.2, 0.25) is 0 Å². The van der Waals surface area contributed by atoms with Crippen molar-refractivity contribution in [1.82, 2.24) is 19.4 Å². The highest BCUT2D eigenvalue weighted by molar-refractivity contribution is 7.88. The van der Waals surface area contributed by atoms with Crippen LogP contribution in [0.25, 0.3) is 0 Å². The number of amides is 1. The van der Waals surface area contributed by atoms with Gasteiger partial charge in [0, 0.05) is 25.8 Å². The van der Waals surface area contributed by atoms with E-state index < -0.39 is 10.0 Å². The van der Waals surface area contributed by atoms with Crippen LogP contribution in [-0.4, -0.2) is 47.8 Å². The lowest BCUT2D eigenvalue weighted by molar-refractivity contribution is -0.126. The number of nitrogens with one attached hydrogen (secondary N) is 1. The summed E-state index contributed by atoms with van der Waals surface area (Å²) in [6.07, 6.45) is 4.34. The second-order valence-electron chi connectivity index (χ2n) is 5.76. The van der Waals surface area contributed by atoms with Crippen molar-refractivity contribution < 1.29 is 13.2 Å². The molecule has 0 spiro atoms. The minimum atomic E-state index is -3.24. The Bertz CT molecular complexity index is 626. The molecule has 1 saturated heterocycles. The van der Waals surface area contributed by atoms with Crippen LogP contribution in [0.3, 0.4) is 0 Å². The zero-order valence-electron chi connectivity index (χ0n) is 13.3. The molecule has 1 aromatic heterocycles. The smallest absolute Gasteiger partial charge is 0.224 e. The van der Waals surface area contributed by atoms with Crippen LogP contribution in [0.1, 0.15) is 38.4 Å². The van der Waals surface area contributed by atoms with E-state index in [4.69, 9.17) is 0 Å². The van der Waals surface area contributed by atoms with Gasteiger partial charge in [0.15, 0.2) is 0 Å². The second kappa shape index (κ2) is 6.78. The van der Waals surface area contributed by atoms with E-state index in [0.717, 1.165) is 18.7 Å². The summed E-state index contributed by atoms with van der Waals surface area (Å²) in [6.45, 7) is 5.42. The number of hydrogen-bond acceptors (Lipinski definition) is 4. The molecular weight excluding hydrogens is 304 g/mol. The largest absolute Gasteiger partial charge is 0.348 e. The Morgan fingerprint density at radius 2 is 2.27 bits per heavy atom. The molecule has 1 fully saturated rings. The molecule has 0 radical (unpaired) electrons. The quantitative estimate of drug-likeness (QED) is 0.864. The molecule has 1 aliphatic heterocycles. The number of piperidine rings is 1. The van der Waals surface area contributed by atoms with E-state index >= 15 is 0 Å². The van der Waals surface area contributed by atoms with Gasteiger partial charge in [0.25, 0.3) is 0 Å². The van der Waals surface area contributed by atoms with Gasteiger partial charge in [-0.25, -0.2) is 12.7 Å². The minimum absolute atomic E-state index is 0.0929. The molecule has 2 rings (SSSR count). The predicted molar refractivity (Wildman–Crippen MR) is 83.6 cm³/mol. The first-order valence-electron chi connectivity index (χ1n) is 7.60. The molecule has 1 aliphatic rings. The molecule has 124 valence electrons. The molecule has 1 amide bonds. The number of sulfonamides is 1. The highest BCUT2D eigenvalue weighted by Crippen LogP contribution is 2.20. The topological polar surface area (TPSA) is 84.3 Å². The van der Waals surface area contributed by atoms with Crippen molar-refractivity contribution in [1.29, 1.82) is 0 Å². The third-order valence-corrected chi connectivity index (χ3v) is 5.34. The van der Waals surface area contributed by atoms with E-state index in [2.05, 4.69) is 10.4 Å². The third kappa shape index (κ3) is 3.86. The van der Waals surface area contributed by atoms with E-state index in [1.165, 1.54) is 10.6 Å². The lowest BCUT2D eigenvalue weighted by Crippen LogP contribution is -2.45. The van der Waals surface area contributed by atoms with Gasteiger partial charge in [-0.2, -0.15) is 5.10 Å². The second-order valence-corrected chi connectivity index (χ2v) is 7.74. The molecule has 0 saturated carbocycles. The lowest BCUT2D eigenvalue weighted by Gasteiger charge is -2.30. The monoisotopic (exact) mass is 328 g/mol. The Labute approximate surface area is 131 Å². The van der Waals surface area contributed by atoms with Crippen molar-refractivity contribution in [3.63, 3.8) is 0 Å². The van der Waals surface area contributed by atoms with Gasteiger partial charge in [-0.05, 0) is 32.8 Å². The first-order valence-corrected chi connectivity index (χ1v) is 9.45. The van der Waals surface area contributed by atoms with Crippen LogP contribution < -0.4 is 5.32 Å². The Hall–Kier alpha value is -1.41. The van der Waals surface area contributed by atoms with Gasteiger partial charge in [0.1, 0.15) is 0 Å². The number of aryl methyl sites for hydroxylation is 1. The third-order valence-electron chi connectivity index (χ3n) is 4.08. The predicted octanol–water partition coefficient (Wildman–Crippen LogP) is 0.752. The normalized spacial score (nSPS) is 21.5. The molecule has 2 heterocycles. The Kier molecular flexibility index (Phi) is 5.23. The summed E-state index contributed by atoms with van der Waals surface area (Å²) in [6, 6.07) is 1.74. The molecule has 22 heavy (non-hydrogen) atoms. The van der Waals surface area contributed by atoms with Gasteiger partial charge >= 0.3 is 0 Å². The first-order chi connectivity index (χ1) is 10.3. The van der Waals surface area contributed by atoms with Gasteiger partial charge < -0.3 is 5.32 Å². The fraction of sp³-hybridized carbons (Fsp3) is 0.714. The number of hydrogen-bond donors (Lipinski definition) is 1. The number of aromatic nitrogens is 2. The number of rotatable bonds is 5. The van der Waals surface area contributed by atoms with E-state index in [-0.39, 0.29) is 24.4 Å². The molecule has 0 aliphatic carbocycles. The van der Waals surface area contributed by atoms with Crippen molar-refractivity contribution in [2.75, 3.05) is 19.3 Å². The molecule has 0 unspecified atom stereocenters. The fourth-order valence-electron chi connectivity index (χ4n) is 2.84. The zero-order chi connectivity index (χ0) is 16.3. The summed E-state index contributed by atoms with van der Waals surface area (Å²) in [5.74, 6) is -0.381. The van der Waals surface area contributed by atoms with Crippen molar-refractivity contribution in [3.8, 4) is 0 Å². The van der Waals surface area contributed by atoms with Crippen LogP contribution in [0.5, 0.6) is 0 Å².